The summed E-state index contributed by atoms with van der Waals surface area (Å²) in [5.41, 5.74) is 1.91. The minimum absolute atomic E-state index is 0.426. The Morgan fingerprint density at radius 2 is 2.00 bits per heavy atom. The summed E-state index contributed by atoms with van der Waals surface area (Å²) >= 11 is 1.90. The summed E-state index contributed by atoms with van der Waals surface area (Å²) in [7, 11) is 0. The molecule has 12 heavy (non-hydrogen) atoms. The van der Waals surface area contributed by atoms with E-state index in [1.165, 1.54) is 23.3 Å². The van der Waals surface area contributed by atoms with Gasteiger partial charge in [0, 0.05) is 4.88 Å². The molecule has 0 fully saturated rings. The summed E-state index contributed by atoms with van der Waals surface area (Å²) in [4.78, 5) is 1.53. The number of thiophene rings is 1. The predicted molar refractivity (Wildman–Crippen MR) is 56.9 cm³/mol. The molecule has 1 rings (SSSR count). The third-order valence-corrected chi connectivity index (χ3v) is 2.81. The van der Waals surface area contributed by atoms with Crippen LogP contribution in [-0.2, 0) is 12.8 Å². The molecule has 68 valence electrons. The molecule has 0 spiro atoms. The first-order valence-electron chi connectivity index (χ1n) is 4.57. The minimum Gasteiger partial charge on any atom is -0.149 e. The number of hydrogen-bond acceptors (Lipinski definition) is 1. The number of aryl methyl sites for hydroxylation is 1. The van der Waals surface area contributed by atoms with Gasteiger partial charge in [-0.15, -0.1) is 11.3 Å². The Morgan fingerprint density at radius 1 is 1.33 bits per heavy atom. The molecule has 0 nitrogen and oxygen atoms in total. The van der Waals surface area contributed by atoms with Gasteiger partial charge in [0.15, 0.2) is 0 Å². The van der Waals surface area contributed by atoms with E-state index in [0.717, 1.165) is 0 Å². The van der Waals surface area contributed by atoms with Gasteiger partial charge in [-0.25, -0.2) is 0 Å². The van der Waals surface area contributed by atoms with E-state index in [-0.39, 0.29) is 0 Å². The van der Waals surface area contributed by atoms with Crippen LogP contribution in [0.2, 0.25) is 0 Å². The van der Waals surface area contributed by atoms with Crippen LogP contribution in [-0.4, -0.2) is 0 Å². The van der Waals surface area contributed by atoms with Gasteiger partial charge in [0.25, 0.3) is 0 Å². The van der Waals surface area contributed by atoms with Crippen molar-refractivity contribution in [1.29, 1.82) is 0 Å². The largest absolute Gasteiger partial charge is 0.149 e. The van der Waals surface area contributed by atoms with E-state index in [4.69, 9.17) is 0 Å². The molecule has 0 N–H and O–H groups in total. The van der Waals surface area contributed by atoms with Gasteiger partial charge < -0.3 is 0 Å². The second kappa shape index (κ2) is 3.61. The second-order valence-electron chi connectivity index (χ2n) is 4.51. The second-order valence-corrected chi connectivity index (χ2v) is 5.51. The van der Waals surface area contributed by atoms with Crippen molar-refractivity contribution in [3.63, 3.8) is 0 Å². The Morgan fingerprint density at radius 3 is 2.42 bits per heavy atom. The maximum atomic E-state index is 2.34. The Labute approximate surface area is 79.6 Å². The molecule has 0 saturated heterocycles. The van der Waals surface area contributed by atoms with Crippen molar-refractivity contribution in [2.75, 3.05) is 0 Å². The van der Waals surface area contributed by atoms with Crippen molar-refractivity contribution >= 4 is 11.3 Å². The predicted octanol–water partition coefficient (Wildman–Crippen LogP) is 3.90. The maximum Gasteiger partial charge on any atom is 0.00532 e. The first kappa shape index (κ1) is 9.79. The average Bonchev–Trinajstić information content (AvgIpc) is 2.32. The summed E-state index contributed by atoms with van der Waals surface area (Å²) in [5.74, 6) is 0. The minimum atomic E-state index is 0.426. The Balaban J connectivity index is 2.64. The summed E-state index contributed by atoms with van der Waals surface area (Å²) in [5, 5.41) is 2.28. The van der Waals surface area contributed by atoms with Gasteiger partial charge in [0.1, 0.15) is 0 Å². The van der Waals surface area contributed by atoms with E-state index < -0.39 is 0 Å². The van der Waals surface area contributed by atoms with Crippen molar-refractivity contribution in [1.82, 2.24) is 0 Å². The molecule has 1 heteroatoms. The molecule has 0 aliphatic heterocycles. The van der Waals surface area contributed by atoms with E-state index in [2.05, 4.69) is 39.1 Å². The van der Waals surface area contributed by atoms with Gasteiger partial charge in [-0.05, 0) is 35.3 Å². The fourth-order valence-corrected chi connectivity index (χ4v) is 2.50. The van der Waals surface area contributed by atoms with E-state index in [9.17, 15) is 0 Å². The zero-order chi connectivity index (χ0) is 9.19. The monoisotopic (exact) mass is 182 g/mol. The van der Waals surface area contributed by atoms with Crippen LogP contribution in [0.1, 0.15) is 38.1 Å². The first-order chi connectivity index (χ1) is 5.51. The molecule has 1 aromatic heterocycles. The molecule has 0 amide bonds. The molecule has 0 saturated carbocycles. The van der Waals surface area contributed by atoms with Gasteiger partial charge in [-0.2, -0.15) is 0 Å². The normalized spacial score (nSPS) is 12.0. The van der Waals surface area contributed by atoms with Crippen molar-refractivity contribution in [2.24, 2.45) is 5.41 Å². The molecule has 1 aromatic rings. The lowest BCUT2D eigenvalue weighted by Crippen LogP contribution is -2.07. The fourth-order valence-electron chi connectivity index (χ4n) is 1.23. The van der Waals surface area contributed by atoms with Crippen LogP contribution in [0.25, 0.3) is 0 Å². The summed E-state index contributed by atoms with van der Waals surface area (Å²) in [6.07, 6.45) is 2.37. The van der Waals surface area contributed by atoms with Crippen molar-refractivity contribution in [3.8, 4) is 0 Å². The third-order valence-electron chi connectivity index (χ3n) is 1.82. The molecule has 0 bridgehead atoms. The van der Waals surface area contributed by atoms with E-state index in [1.807, 2.05) is 11.3 Å². The van der Waals surface area contributed by atoms with Crippen LogP contribution in [0, 0.1) is 5.41 Å². The highest BCUT2D eigenvalue weighted by Crippen LogP contribution is 2.25. The van der Waals surface area contributed by atoms with Crippen molar-refractivity contribution < 1.29 is 0 Å². The van der Waals surface area contributed by atoms with Crippen LogP contribution in [0.15, 0.2) is 11.4 Å². The maximum absolute atomic E-state index is 2.34. The van der Waals surface area contributed by atoms with Crippen LogP contribution in [0.4, 0.5) is 0 Å². The fraction of sp³-hybridized carbons (Fsp3) is 0.636. The van der Waals surface area contributed by atoms with Crippen LogP contribution in [0.3, 0.4) is 0 Å². The van der Waals surface area contributed by atoms with Gasteiger partial charge in [0.05, 0.1) is 0 Å². The van der Waals surface area contributed by atoms with Crippen molar-refractivity contribution in [3.05, 3.63) is 21.9 Å². The standard InChI is InChI=1S/C11H18S/c1-5-9-6-10(12-8-9)7-11(2,3)4/h6,8H,5,7H2,1-4H3. The number of rotatable bonds is 2. The molecular weight excluding hydrogens is 164 g/mol. The topological polar surface area (TPSA) is 0 Å². The van der Waals surface area contributed by atoms with Crippen LogP contribution < -0.4 is 0 Å². The smallest absolute Gasteiger partial charge is 0.00532 e. The van der Waals surface area contributed by atoms with Gasteiger partial charge in [-0.1, -0.05) is 27.7 Å². The molecule has 0 aliphatic carbocycles. The average molecular weight is 182 g/mol. The molecule has 1 heterocycles. The summed E-state index contributed by atoms with van der Waals surface area (Å²) < 4.78 is 0. The molecule has 0 aliphatic rings. The molecule has 0 unspecified atom stereocenters. The van der Waals surface area contributed by atoms with Crippen LogP contribution in [0.5, 0.6) is 0 Å². The third kappa shape index (κ3) is 2.98. The zero-order valence-electron chi connectivity index (χ0n) is 8.48. The quantitative estimate of drug-likeness (QED) is 0.650. The molecule has 0 radical (unpaired) electrons. The zero-order valence-corrected chi connectivity index (χ0v) is 9.29. The Kier molecular flexibility index (Phi) is 2.94. The molecule has 0 aromatic carbocycles. The molecule has 0 atom stereocenters. The van der Waals surface area contributed by atoms with E-state index in [1.54, 1.807) is 0 Å². The highest BCUT2D eigenvalue weighted by atomic mass is 32.1. The lowest BCUT2D eigenvalue weighted by atomic mass is 9.91. The van der Waals surface area contributed by atoms with Crippen molar-refractivity contribution in [2.45, 2.75) is 40.5 Å². The van der Waals surface area contributed by atoms with Gasteiger partial charge in [0.2, 0.25) is 0 Å². The highest BCUT2D eigenvalue weighted by molar-refractivity contribution is 7.10. The Hall–Kier alpha value is -0.300. The van der Waals surface area contributed by atoms with E-state index >= 15 is 0 Å². The highest BCUT2D eigenvalue weighted by Gasteiger charge is 2.12. The Bertz CT molecular complexity index is 240. The lowest BCUT2D eigenvalue weighted by Gasteiger charge is -2.16. The van der Waals surface area contributed by atoms with Crippen LogP contribution >= 0.6 is 11.3 Å². The first-order valence-corrected chi connectivity index (χ1v) is 5.45. The molecular formula is C11H18S. The van der Waals surface area contributed by atoms with E-state index in [0.29, 0.717) is 5.41 Å². The van der Waals surface area contributed by atoms with Gasteiger partial charge in [-0.3, -0.25) is 0 Å². The number of hydrogen-bond donors (Lipinski definition) is 0. The van der Waals surface area contributed by atoms with Gasteiger partial charge >= 0.3 is 0 Å². The SMILES string of the molecule is CCc1csc(CC(C)(C)C)c1. The summed E-state index contributed by atoms with van der Waals surface area (Å²) in [6, 6.07) is 2.34. The summed E-state index contributed by atoms with van der Waals surface area (Å²) in [6.45, 7) is 9.08. The lowest BCUT2D eigenvalue weighted by molar-refractivity contribution is 0.414.